The summed E-state index contributed by atoms with van der Waals surface area (Å²) in [6.45, 7) is 4.80. The summed E-state index contributed by atoms with van der Waals surface area (Å²) in [7, 11) is 0. The van der Waals surface area contributed by atoms with Crippen LogP contribution >= 0.6 is 0 Å². The van der Waals surface area contributed by atoms with Gasteiger partial charge in [0.2, 0.25) is 0 Å². The lowest BCUT2D eigenvalue weighted by Crippen LogP contribution is -2.60. The fourth-order valence-corrected chi connectivity index (χ4v) is 2.07. The molecule has 5 heteroatoms. The monoisotopic (exact) mass is 236 g/mol. The zero-order valence-corrected chi connectivity index (χ0v) is 10.4. The highest BCUT2D eigenvalue weighted by Crippen LogP contribution is 2.25. The molecule has 0 aromatic carbocycles. The van der Waals surface area contributed by atoms with Gasteiger partial charge in [0.15, 0.2) is 0 Å². The van der Waals surface area contributed by atoms with E-state index in [0.29, 0.717) is 0 Å². The lowest BCUT2D eigenvalue weighted by Gasteiger charge is -2.42. The van der Waals surface area contributed by atoms with Gasteiger partial charge in [-0.3, -0.25) is 0 Å². The number of nitrogens with two attached hydrogens (primary N) is 1. The molecule has 2 rings (SSSR count). The zero-order valence-electron chi connectivity index (χ0n) is 10.4. The Kier molecular flexibility index (Phi) is 3.91. The maximum absolute atomic E-state index is 5.98. The Morgan fingerprint density at radius 2 is 2.29 bits per heavy atom. The van der Waals surface area contributed by atoms with Crippen LogP contribution in [0.5, 0.6) is 0 Å². The quantitative estimate of drug-likeness (QED) is 0.796. The summed E-state index contributed by atoms with van der Waals surface area (Å²) in [4.78, 5) is 8.37. The molecule has 94 valence electrons. The Hall–Kier alpha value is -1.20. The lowest BCUT2D eigenvalue weighted by atomic mass is 9.83. The minimum Gasteiger partial charge on any atom is -0.376 e. The van der Waals surface area contributed by atoms with Crippen LogP contribution in [0.1, 0.15) is 26.0 Å². The van der Waals surface area contributed by atoms with Crippen molar-refractivity contribution < 1.29 is 4.74 Å². The summed E-state index contributed by atoms with van der Waals surface area (Å²) < 4.78 is 5.60. The van der Waals surface area contributed by atoms with Crippen LogP contribution in [0.15, 0.2) is 12.4 Å². The molecule has 3 atom stereocenters. The molecule has 3 unspecified atom stereocenters. The average Bonchev–Trinajstić information content (AvgIpc) is 2.36. The van der Waals surface area contributed by atoms with Gasteiger partial charge in [-0.1, -0.05) is 6.92 Å². The van der Waals surface area contributed by atoms with Crippen LogP contribution in [0.4, 0.5) is 5.82 Å². The SMILES string of the molecule is CCOC1CC(N)C1Nc1cc(CC)ncn1. The highest BCUT2D eigenvalue weighted by molar-refractivity contribution is 5.38. The molecule has 0 bridgehead atoms. The van der Waals surface area contributed by atoms with Gasteiger partial charge in [0, 0.05) is 24.4 Å². The van der Waals surface area contributed by atoms with Gasteiger partial charge in [-0.2, -0.15) is 0 Å². The third kappa shape index (κ3) is 2.73. The molecule has 1 saturated carbocycles. The van der Waals surface area contributed by atoms with Crippen molar-refractivity contribution in [3.63, 3.8) is 0 Å². The van der Waals surface area contributed by atoms with Crippen molar-refractivity contribution in [2.24, 2.45) is 5.73 Å². The van der Waals surface area contributed by atoms with Crippen molar-refractivity contribution in [2.45, 2.75) is 44.9 Å². The van der Waals surface area contributed by atoms with E-state index in [4.69, 9.17) is 10.5 Å². The summed E-state index contributed by atoms with van der Waals surface area (Å²) in [6, 6.07) is 2.27. The van der Waals surface area contributed by atoms with Gasteiger partial charge in [0.05, 0.1) is 12.1 Å². The molecule has 0 saturated heterocycles. The molecular formula is C12H20N4O. The number of rotatable bonds is 5. The van der Waals surface area contributed by atoms with Crippen LogP contribution in [0.3, 0.4) is 0 Å². The van der Waals surface area contributed by atoms with E-state index in [1.54, 1.807) is 6.33 Å². The molecular weight excluding hydrogens is 216 g/mol. The number of nitrogens with zero attached hydrogens (tertiary/aromatic N) is 2. The van der Waals surface area contributed by atoms with Gasteiger partial charge in [-0.25, -0.2) is 9.97 Å². The third-order valence-electron chi connectivity index (χ3n) is 3.15. The maximum atomic E-state index is 5.98. The molecule has 0 radical (unpaired) electrons. The van der Waals surface area contributed by atoms with E-state index in [2.05, 4.69) is 22.2 Å². The Morgan fingerprint density at radius 1 is 1.47 bits per heavy atom. The van der Waals surface area contributed by atoms with Crippen molar-refractivity contribution >= 4 is 5.82 Å². The first kappa shape index (κ1) is 12.3. The number of aromatic nitrogens is 2. The fourth-order valence-electron chi connectivity index (χ4n) is 2.07. The summed E-state index contributed by atoms with van der Waals surface area (Å²) >= 11 is 0. The summed E-state index contributed by atoms with van der Waals surface area (Å²) in [5, 5.41) is 3.34. The van der Waals surface area contributed by atoms with Crippen LogP contribution in [-0.4, -0.2) is 34.8 Å². The highest BCUT2D eigenvalue weighted by atomic mass is 16.5. The van der Waals surface area contributed by atoms with Gasteiger partial charge in [0.25, 0.3) is 0 Å². The van der Waals surface area contributed by atoms with E-state index < -0.39 is 0 Å². The molecule has 1 aliphatic rings. The summed E-state index contributed by atoms with van der Waals surface area (Å²) in [5.41, 5.74) is 7.01. The number of ether oxygens (including phenoxy) is 1. The predicted molar refractivity (Wildman–Crippen MR) is 66.8 cm³/mol. The van der Waals surface area contributed by atoms with Crippen molar-refractivity contribution in [3.8, 4) is 0 Å². The Balaban J connectivity index is 1.99. The van der Waals surface area contributed by atoms with Crippen LogP contribution in [-0.2, 0) is 11.2 Å². The van der Waals surface area contributed by atoms with E-state index in [9.17, 15) is 0 Å². The van der Waals surface area contributed by atoms with Gasteiger partial charge in [0.1, 0.15) is 12.1 Å². The van der Waals surface area contributed by atoms with E-state index in [1.165, 1.54) is 0 Å². The first-order valence-electron chi connectivity index (χ1n) is 6.19. The Bertz CT molecular complexity index is 369. The summed E-state index contributed by atoms with van der Waals surface area (Å²) in [6.07, 6.45) is 3.61. The molecule has 1 aromatic heterocycles. The number of nitrogens with one attached hydrogen (secondary N) is 1. The van der Waals surface area contributed by atoms with E-state index in [1.807, 2.05) is 13.0 Å². The number of anilines is 1. The molecule has 1 aliphatic carbocycles. The molecule has 17 heavy (non-hydrogen) atoms. The number of hydrogen-bond donors (Lipinski definition) is 2. The van der Waals surface area contributed by atoms with Crippen LogP contribution < -0.4 is 11.1 Å². The van der Waals surface area contributed by atoms with Crippen LogP contribution in [0.25, 0.3) is 0 Å². The van der Waals surface area contributed by atoms with E-state index >= 15 is 0 Å². The van der Waals surface area contributed by atoms with E-state index in [-0.39, 0.29) is 18.2 Å². The van der Waals surface area contributed by atoms with Gasteiger partial charge in [-0.05, 0) is 19.8 Å². The lowest BCUT2D eigenvalue weighted by molar-refractivity contribution is -0.0127. The van der Waals surface area contributed by atoms with Gasteiger partial charge >= 0.3 is 0 Å². The highest BCUT2D eigenvalue weighted by Gasteiger charge is 2.39. The second-order valence-corrected chi connectivity index (χ2v) is 4.31. The van der Waals surface area contributed by atoms with Crippen molar-refractivity contribution in [2.75, 3.05) is 11.9 Å². The van der Waals surface area contributed by atoms with Gasteiger partial charge < -0.3 is 15.8 Å². The minimum absolute atomic E-state index is 0.145. The second kappa shape index (κ2) is 5.42. The molecule has 0 amide bonds. The minimum atomic E-state index is 0.145. The normalized spacial score (nSPS) is 27.6. The zero-order chi connectivity index (χ0) is 12.3. The second-order valence-electron chi connectivity index (χ2n) is 4.31. The topological polar surface area (TPSA) is 73.1 Å². The predicted octanol–water partition coefficient (Wildman–Crippen LogP) is 0.956. The van der Waals surface area contributed by atoms with Crippen LogP contribution in [0, 0.1) is 0 Å². The van der Waals surface area contributed by atoms with Gasteiger partial charge in [-0.15, -0.1) is 0 Å². The summed E-state index contributed by atoms with van der Waals surface area (Å²) in [5.74, 6) is 0.835. The van der Waals surface area contributed by atoms with Crippen molar-refractivity contribution in [1.82, 2.24) is 9.97 Å². The van der Waals surface area contributed by atoms with Crippen LogP contribution in [0.2, 0.25) is 0 Å². The fraction of sp³-hybridized carbons (Fsp3) is 0.667. The van der Waals surface area contributed by atoms with E-state index in [0.717, 1.165) is 31.0 Å². The Morgan fingerprint density at radius 3 is 2.94 bits per heavy atom. The molecule has 3 N–H and O–H groups in total. The Labute approximate surface area is 102 Å². The third-order valence-corrected chi connectivity index (χ3v) is 3.15. The first-order chi connectivity index (χ1) is 8.24. The number of hydrogen-bond acceptors (Lipinski definition) is 5. The molecule has 1 fully saturated rings. The molecule has 1 heterocycles. The largest absolute Gasteiger partial charge is 0.376 e. The molecule has 0 aliphatic heterocycles. The first-order valence-corrected chi connectivity index (χ1v) is 6.19. The van der Waals surface area contributed by atoms with Crippen molar-refractivity contribution in [3.05, 3.63) is 18.1 Å². The molecule has 1 aromatic rings. The maximum Gasteiger partial charge on any atom is 0.129 e. The molecule has 5 nitrogen and oxygen atoms in total. The number of aryl methyl sites for hydroxylation is 1. The van der Waals surface area contributed by atoms with Crippen molar-refractivity contribution in [1.29, 1.82) is 0 Å². The molecule has 0 spiro atoms. The smallest absolute Gasteiger partial charge is 0.129 e. The average molecular weight is 236 g/mol. The standard InChI is InChI=1S/C12H20N4O/c1-3-8-5-11(15-7-14-8)16-12-9(13)6-10(12)17-4-2/h5,7,9-10,12H,3-4,6,13H2,1-2H3,(H,14,15,16).